The Morgan fingerprint density at radius 3 is 2.50 bits per heavy atom. The van der Waals surface area contributed by atoms with E-state index in [9.17, 15) is 4.79 Å². The fraction of sp³-hybridized carbons (Fsp3) is 0.938. The highest BCUT2D eigenvalue weighted by Gasteiger charge is 2.58. The molecule has 0 heterocycles. The second kappa shape index (κ2) is 5.17. The van der Waals surface area contributed by atoms with E-state index in [0.29, 0.717) is 17.9 Å². The van der Waals surface area contributed by atoms with E-state index in [0.717, 1.165) is 31.1 Å². The van der Waals surface area contributed by atoms with Crippen LogP contribution in [0.1, 0.15) is 45.4 Å². The number of halogens is 1. The lowest BCUT2D eigenvalue weighted by Crippen LogP contribution is -2.58. The summed E-state index contributed by atoms with van der Waals surface area (Å²) >= 11 is 5.93. The van der Waals surface area contributed by atoms with Crippen LogP contribution >= 0.6 is 11.6 Å². The third-order valence-corrected chi connectivity index (χ3v) is 6.10. The molecule has 4 heteroatoms. The molecule has 4 saturated carbocycles. The standard InChI is InChI=1S/C16H26ClNO2/c1-15-4-11-3-12(5-15)7-16(6-11,10-15)14(19)18-13(8-17)9-20-2/h11-13H,3-10H2,1-2H3,(H,18,19). The van der Waals surface area contributed by atoms with E-state index < -0.39 is 0 Å². The highest BCUT2D eigenvalue weighted by Crippen LogP contribution is 2.65. The first-order valence-corrected chi connectivity index (χ1v) is 8.38. The summed E-state index contributed by atoms with van der Waals surface area (Å²) in [6, 6.07) is -0.0602. The molecule has 4 rings (SSSR count). The number of nitrogens with one attached hydrogen (secondary N) is 1. The van der Waals surface area contributed by atoms with Gasteiger partial charge in [-0.05, 0) is 55.8 Å². The highest BCUT2D eigenvalue weighted by molar-refractivity contribution is 6.18. The molecule has 0 aliphatic heterocycles. The summed E-state index contributed by atoms with van der Waals surface area (Å²) in [5.41, 5.74) is 0.288. The maximum absolute atomic E-state index is 12.9. The van der Waals surface area contributed by atoms with Gasteiger partial charge in [-0.15, -0.1) is 11.6 Å². The number of ether oxygens (including phenoxy) is 1. The summed E-state index contributed by atoms with van der Waals surface area (Å²) in [4.78, 5) is 12.9. The summed E-state index contributed by atoms with van der Waals surface area (Å²) in [5, 5.41) is 3.15. The first kappa shape index (κ1) is 14.6. The van der Waals surface area contributed by atoms with Crippen molar-refractivity contribution in [2.24, 2.45) is 22.7 Å². The van der Waals surface area contributed by atoms with Crippen LogP contribution < -0.4 is 5.32 Å². The Morgan fingerprint density at radius 1 is 1.35 bits per heavy atom. The zero-order valence-corrected chi connectivity index (χ0v) is 13.3. The highest BCUT2D eigenvalue weighted by atomic mass is 35.5. The quantitative estimate of drug-likeness (QED) is 0.793. The third kappa shape index (κ3) is 2.48. The van der Waals surface area contributed by atoms with E-state index in [2.05, 4.69) is 12.2 Å². The summed E-state index contributed by atoms with van der Waals surface area (Å²) in [6.07, 6.45) is 7.26. The van der Waals surface area contributed by atoms with Crippen LogP contribution in [0.2, 0.25) is 0 Å². The second-order valence-electron chi connectivity index (χ2n) is 7.83. The lowest BCUT2D eigenvalue weighted by Gasteiger charge is -2.60. The fourth-order valence-corrected chi connectivity index (χ4v) is 5.82. The maximum Gasteiger partial charge on any atom is 0.226 e. The lowest BCUT2D eigenvalue weighted by atomic mass is 9.44. The Hall–Kier alpha value is -0.280. The van der Waals surface area contributed by atoms with Crippen LogP contribution in [0.4, 0.5) is 0 Å². The third-order valence-electron chi connectivity index (χ3n) is 5.72. The summed E-state index contributed by atoms with van der Waals surface area (Å²) < 4.78 is 5.14. The van der Waals surface area contributed by atoms with E-state index >= 15 is 0 Å². The minimum atomic E-state index is -0.114. The number of alkyl halides is 1. The normalized spacial score (nSPS) is 43.5. The summed E-state index contributed by atoms with van der Waals surface area (Å²) in [7, 11) is 1.65. The average Bonchev–Trinajstić information content (AvgIpc) is 2.35. The predicted molar refractivity (Wildman–Crippen MR) is 79.7 cm³/mol. The number of hydrogen-bond donors (Lipinski definition) is 1. The first-order chi connectivity index (χ1) is 9.48. The molecule has 3 unspecified atom stereocenters. The molecule has 1 amide bonds. The van der Waals surface area contributed by atoms with Gasteiger partial charge in [0.1, 0.15) is 0 Å². The molecule has 4 bridgehead atoms. The van der Waals surface area contributed by atoms with Crippen molar-refractivity contribution in [3.8, 4) is 0 Å². The van der Waals surface area contributed by atoms with Gasteiger partial charge in [0.05, 0.1) is 18.1 Å². The van der Waals surface area contributed by atoms with Crippen molar-refractivity contribution in [1.29, 1.82) is 0 Å². The van der Waals surface area contributed by atoms with E-state index in [4.69, 9.17) is 16.3 Å². The van der Waals surface area contributed by atoms with Crippen LogP contribution in [0.25, 0.3) is 0 Å². The number of carbonyl (C=O) groups excluding carboxylic acids is 1. The van der Waals surface area contributed by atoms with E-state index in [1.165, 1.54) is 19.3 Å². The Balaban J connectivity index is 1.74. The van der Waals surface area contributed by atoms with E-state index in [1.807, 2.05) is 0 Å². The molecular weight excluding hydrogens is 274 g/mol. The van der Waals surface area contributed by atoms with Crippen molar-refractivity contribution < 1.29 is 9.53 Å². The molecule has 0 spiro atoms. The Labute approximate surface area is 126 Å². The molecule has 3 atom stereocenters. The zero-order chi connectivity index (χ0) is 14.4. The second-order valence-corrected chi connectivity index (χ2v) is 8.14. The number of carbonyl (C=O) groups is 1. The topological polar surface area (TPSA) is 38.3 Å². The molecule has 4 aliphatic rings. The molecule has 0 aromatic heterocycles. The van der Waals surface area contributed by atoms with Crippen LogP contribution in [0, 0.1) is 22.7 Å². The zero-order valence-electron chi connectivity index (χ0n) is 12.6. The predicted octanol–water partition coefficient (Wildman–Crippen LogP) is 2.96. The summed E-state index contributed by atoms with van der Waals surface area (Å²) in [5.74, 6) is 2.19. The fourth-order valence-electron chi connectivity index (χ4n) is 5.65. The smallest absolute Gasteiger partial charge is 0.226 e. The molecule has 0 aromatic carbocycles. The van der Waals surface area contributed by atoms with Gasteiger partial charge < -0.3 is 10.1 Å². The van der Waals surface area contributed by atoms with E-state index in [-0.39, 0.29) is 17.4 Å². The monoisotopic (exact) mass is 299 g/mol. The minimum Gasteiger partial charge on any atom is -0.383 e. The van der Waals surface area contributed by atoms with Crippen molar-refractivity contribution in [3.63, 3.8) is 0 Å². The first-order valence-electron chi connectivity index (χ1n) is 7.84. The summed E-state index contributed by atoms with van der Waals surface area (Å²) in [6.45, 7) is 2.89. The van der Waals surface area contributed by atoms with Crippen molar-refractivity contribution in [2.75, 3.05) is 19.6 Å². The largest absolute Gasteiger partial charge is 0.383 e. The molecule has 114 valence electrons. The van der Waals surface area contributed by atoms with Crippen LogP contribution in [-0.4, -0.2) is 31.5 Å². The number of amides is 1. The van der Waals surface area contributed by atoms with Gasteiger partial charge in [-0.2, -0.15) is 0 Å². The molecule has 1 N–H and O–H groups in total. The maximum atomic E-state index is 12.9. The van der Waals surface area contributed by atoms with Gasteiger partial charge in [0, 0.05) is 13.0 Å². The van der Waals surface area contributed by atoms with Gasteiger partial charge in [-0.25, -0.2) is 0 Å². The molecule has 20 heavy (non-hydrogen) atoms. The van der Waals surface area contributed by atoms with Gasteiger partial charge in [-0.3, -0.25) is 4.79 Å². The van der Waals surface area contributed by atoms with Gasteiger partial charge in [0.15, 0.2) is 0 Å². The number of methoxy groups -OCH3 is 1. The number of rotatable bonds is 5. The lowest BCUT2D eigenvalue weighted by molar-refractivity contribution is -0.156. The minimum absolute atomic E-state index is 0.0602. The molecule has 0 saturated heterocycles. The van der Waals surface area contributed by atoms with Gasteiger partial charge in [-0.1, -0.05) is 6.92 Å². The SMILES string of the molecule is COCC(CCl)NC(=O)C12CC3CC(CC(C)(C3)C1)C2. The van der Waals surface area contributed by atoms with Crippen LogP contribution in [0.3, 0.4) is 0 Å². The van der Waals surface area contributed by atoms with Crippen LogP contribution in [0.15, 0.2) is 0 Å². The molecule has 3 nitrogen and oxygen atoms in total. The molecule has 4 fully saturated rings. The molecule has 4 aliphatic carbocycles. The van der Waals surface area contributed by atoms with Crippen molar-refractivity contribution in [3.05, 3.63) is 0 Å². The average molecular weight is 300 g/mol. The van der Waals surface area contributed by atoms with Crippen LogP contribution in [-0.2, 0) is 9.53 Å². The molecule has 0 radical (unpaired) electrons. The van der Waals surface area contributed by atoms with E-state index in [1.54, 1.807) is 7.11 Å². The van der Waals surface area contributed by atoms with Crippen molar-refractivity contribution in [2.45, 2.75) is 51.5 Å². The van der Waals surface area contributed by atoms with Crippen molar-refractivity contribution >= 4 is 17.5 Å². The Morgan fingerprint density at radius 2 is 2.00 bits per heavy atom. The molecule has 0 aromatic rings. The van der Waals surface area contributed by atoms with Gasteiger partial charge >= 0.3 is 0 Å². The molecular formula is C16H26ClNO2. The Kier molecular flexibility index (Phi) is 3.79. The number of hydrogen-bond acceptors (Lipinski definition) is 2. The Bertz CT molecular complexity index is 384. The van der Waals surface area contributed by atoms with Crippen molar-refractivity contribution in [1.82, 2.24) is 5.32 Å². The van der Waals surface area contributed by atoms with Gasteiger partial charge in [0.2, 0.25) is 5.91 Å². The van der Waals surface area contributed by atoms with Gasteiger partial charge in [0.25, 0.3) is 0 Å². The van der Waals surface area contributed by atoms with Crippen LogP contribution in [0.5, 0.6) is 0 Å².